The molecule has 2 aromatic rings. The van der Waals surface area contributed by atoms with Gasteiger partial charge in [-0.2, -0.15) is 5.10 Å². The maximum Gasteiger partial charge on any atom is 0.276 e. The van der Waals surface area contributed by atoms with E-state index in [1.807, 2.05) is 6.92 Å². The summed E-state index contributed by atoms with van der Waals surface area (Å²) in [6.07, 6.45) is 1.77. The Morgan fingerprint density at radius 2 is 2.11 bits per heavy atom. The van der Waals surface area contributed by atoms with Crippen LogP contribution in [-0.4, -0.2) is 26.2 Å². The molecule has 8 nitrogen and oxygen atoms in total. The van der Waals surface area contributed by atoms with Gasteiger partial charge in [0.1, 0.15) is 11.6 Å². The Balaban J connectivity index is 2.30. The molecule has 0 spiro atoms. The molecule has 2 rings (SSSR count). The van der Waals surface area contributed by atoms with Gasteiger partial charge in [0.15, 0.2) is 5.82 Å². The van der Waals surface area contributed by atoms with E-state index >= 15 is 0 Å². The van der Waals surface area contributed by atoms with Gasteiger partial charge in [0.05, 0.1) is 17.1 Å². The highest BCUT2D eigenvalue weighted by molar-refractivity contribution is 5.59. The molecule has 2 heterocycles. The molecule has 0 aliphatic heterocycles. The maximum absolute atomic E-state index is 10.9. The monoisotopic (exact) mass is 262 g/mol. The van der Waals surface area contributed by atoms with Crippen molar-refractivity contribution in [1.29, 1.82) is 0 Å². The van der Waals surface area contributed by atoms with Crippen molar-refractivity contribution in [2.75, 3.05) is 17.2 Å². The summed E-state index contributed by atoms with van der Waals surface area (Å²) in [5.41, 5.74) is -0.0237. The maximum atomic E-state index is 10.9. The highest BCUT2D eigenvalue weighted by Gasteiger charge is 2.11. The smallest absolute Gasteiger partial charge is 0.276 e. The lowest BCUT2D eigenvalue weighted by atomic mass is 10.3. The number of rotatable bonds is 5. The molecule has 0 unspecified atom stereocenters. The molecule has 0 aromatic carbocycles. The van der Waals surface area contributed by atoms with E-state index in [-0.39, 0.29) is 5.69 Å². The van der Waals surface area contributed by atoms with Gasteiger partial charge in [-0.15, -0.1) is 0 Å². The molecule has 0 amide bonds. The molecule has 0 radical (unpaired) electrons. The van der Waals surface area contributed by atoms with Crippen molar-refractivity contribution in [2.45, 2.75) is 6.92 Å². The third-order valence-electron chi connectivity index (χ3n) is 2.35. The van der Waals surface area contributed by atoms with Crippen molar-refractivity contribution >= 4 is 23.1 Å². The summed E-state index contributed by atoms with van der Waals surface area (Å²) in [4.78, 5) is 14.7. The van der Waals surface area contributed by atoms with Crippen molar-refractivity contribution in [2.24, 2.45) is 7.05 Å². The van der Waals surface area contributed by atoms with E-state index in [0.29, 0.717) is 24.0 Å². The third-order valence-corrected chi connectivity index (χ3v) is 2.35. The van der Waals surface area contributed by atoms with E-state index in [2.05, 4.69) is 20.7 Å². The van der Waals surface area contributed by atoms with Crippen LogP contribution in [0.3, 0.4) is 0 Å². The van der Waals surface area contributed by atoms with Gasteiger partial charge in [-0.05, 0) is 6.92 Å². The van der Waals surface area contributed by atoms with Gasteiger partial charge in [-0.25, -0.2) is 4.98 Å². The van der Waals surface area contributed by atoms with Crippen LogP contribution in [0.25, 0.3) is 0 Å². The summed E-state index contributed by atoms with van der Waals surface area (Å²) >= 11 is 0. The van der Waals surface area contributed by atoms with Crippen LogP contribution < -0.4 is 10.6 Å². The van der Waals surface area contributed by atoms with Crippen molar-refractivity contribution in [1.82, 2.24) is 14.8 Å². The molecule has 0 aliphatic carbocycles. The summed E-state index contributed by atoms with van der Waals surface area (Å²) in [7, 11) is 1.79. The number of aryl methyl sites for hydroxylation is 1. The summed E-state index contributed by atoms with van der Waals surface area (Å²) in [6, 6.07) is 4.52. The minimum absolute atomic E-state index is 0.0237. The lowest BCUT2D eigenvalue weighted by molar-refractivity contribution is -0.384. The van der Waals surface area contributed by atoms with Crippen LogP contribution in [-0.2, 0) is 7.05 Å². The Labute approximate surface area is 109 Å². The van der Waals surface area contributed by atoms with Crippen molar-refractivity contribution in [3.63, 3.8) is 0 Å². The molecule has 0 fully saturated rings. The van der Waals surface area contributed by atoms with Crippen LogP contribution in [0.1, 0.15) is 6.92 Å². The van der Waals surface area contributed by atoms with Gasteiger partial charge in [0.25, 0.3) is 5.69 Å². The summed E-state index contributed by atoms with van der Waals surface area (Å²) in [5.74, 6) is 1.41. The number of nitro groups is 1. The number of hydrogen-bond donors (Lipinski definition) is 2. The van der Waals surface area contributed by atoms with Gasteiger partial charge in [0, 0.05) is 25.9 Å². The minimum Gasteiger partial charge on any atom is -0.370 e. The zero-order valence-corrected chi connectivity index (χ0v) is 10.6. The summed E-state index contributed by atoms with van der Waals surface area (Å²) < 4.78 is 1.63. The molecule has 0 bridgehead atoms. The van der Waals surface area contributed by atoms with E-state index in [1.54, 1.807) is 24.0 Å². The first-order valence-electron chi connectivity index (χ1n) is 5.75. The Morgan fingerprint density at radius 3 is 2.68 bits per heavy atom. The van der Waals surface area contributed by atoms with E-state index < -0.39 is 4.92 Å². The fourth-order valence-corrected chi connectivity index (χ4v) is 1.57. The van der Waals surface area contributed by atoms with Crippen LogP contribution in [0.4, 0.5) is 23.1 Å². The zero-order valence-electron chi connectivity index (χ0n) is 10.6. The van der Waals surface area contributed by atoms with Crippen molar-refractivity contribution in [3.8, 4) is 0 Å². The number of pyridine rings is 1. The average molecular weight is 262 g/mol. The fourth-order valence-electron chi connectivity index (χ4n) is 1.57. The van der Waals surface area contributed by atoms with Crippen LogP contribution in [0.5, 0.6) is 0 Å². The number of aromatic nitrogens is 3. The molecule has 8 heteroatoms. The highest BCUT2D eigenvalue weighted by Crippen LogP contribution is 2.22. The minimum atomic E-state index is -0.452. The first kappa shape index (κ1) is 12.8. The van der Waals surface area contributed by atoms with Gasteiger partial charge < -0.3 is 10.6 Å². The topological polar surface area (TPSA) is 97.9 Å². The normalized spacial score (nSPS) is 10.2. The summed E-state index contributed by atoms with van der Waals surface area (Å²) in [5, 5.41) is 20.9. The summed E-state index contributed by atoms with van der Waals surface area (Å²) in [6.45, 7) is 2.53. The molecular weight excluding hydrogens is 248 g/mol. The molecule has 0 saturated heterocycles. The second-order valence-electron chi connectivity index (χ2n) is 3.88. The number of anilines is 3. The SMILES string of the molecule is CCNc1cc([N+](=O)[O-])cc(Nc2ccn(C)n2)n1. The van der Waals surface area contributed by atoms with Gasteiger partial charge in [-0.3, -0.25) is 14.8 Å². The fraction of sp³-hybridized carbons (Fsp3) is 0.273. The van der Waals surface area contributed by atoms with Crippen LogP contribution in [0.2, 0.25) is 0 Å². The van der Waals surface area contributed by atoms with Crippen LogP contribution in [0, 0.1) is 10.1 Å². The quantitative estimate of drug-likeness (QED) is 0.630. The molecule has 100 valence electrons. The van der Waals surface area contributed by atoms with Crippen LogP contribution >= 0.6 is 0 Å². The van der Waals surface area contributed by atoms with Crippen LogP contribution in [0.15, 0.2) is 24.4 Å². The predicted octanol–water partition coefficient (Wildman–Crippen LogP) is 1.90. The number of nitrogens with one attached hydrogen (secondary N) is 2. The number of hydrogen-bond acceptors (Lipinski definition) is 6. The van der Waals surface area contributed by atoms with Crippen molar-refractivity contribution in [3.05, 3.63) is 34.5 Å². The Morgan fingerprint density at radius 1 is 1.37 bits per heavy atom. The molecule has 19 heavy (non-hydrogen) atoms. The van der Waals surface area contributed by atoms with Gasteiger partial charge in [-0.1, -0.05) is 0 Å². The lowest BCUT2D eigenvalue weighted by Crippen LogP contribution is -2.03. The lowest BCUT2D eigenvalue weighted by Gasteiger charge is -2.06. The average Bonchev–Trinajstić information content (AvgIpc) is 2.75. The molecule has 0 atom stereocenters. The molecule has 2 aromatic heterocycles. The second-order valence-corrected chi connectivity index (χ2v) is 3.88. The second kappa shape index (κ2) is 5.34. The van der Waals surface area contributed by atoms with Crippen molar-refractivity contribution < 1.29 is 4.92 Å². The third kappa shape index (κ3) is 3.18. The first-order chi connectivity index (χ1) is 9.08. The molecule has 0 aliphatic rings. The highest BCUT2D eigenvalue weighted by atomic mass is 16.6. The van der Waals surface area contributed by atoms with E-state index in [0.717, 1.165) is 0 Å². The molecular formula is C11H14N6O2. The zero-order chi connectivity index (χ0) is 13.8. The Hall–Kier alpha value is -2.64. The largest absolute Gasteiger partial charge is 0.370 e. The van der Waals surface area contributed by atoms with Gasteiger partial charge >= 0.3 is 0 Å². The molecule has 2 N–H and O–H groups in total. The number of nitrogens with zero attached hydrogens (tertiary/aromatic N) is 4. The standard InChI is InChI=1S/C11H14N6O2/c1-3-12-10-6-8(17(18)19)7-11(14-10)13-9-4-5-16(2)15-9/h4-7H,3H2,1-2H3,(H2,12,13,14,15). The predicted molar refractivity (Wildman–Crippen MR) is 71.5 cm³/mol. The van der Waals surface area contributed by atoms with Gasteiger partial charge in [0.2, 0.25) is 0 Å². The Kier molecular flexibility index (Phi) is 3.60. The van der Waals surface area contributed by atoms with E-state index in [4.69, 9.17) is 0 Å². The molecule has 0 saturated carbocycles. The van der Waals surface area contributed by atoms with E-state index in [9.17, 15) is 10.1 Å². The van der Waals surface area contributed by atoms with E-state index in [1.165, 1.54) is 12.1 Å². The first-order valence-corrected chi connectivity index (χ1v) is 5.75. The Bertz CT molecular complexity index is 595.